The molecule has 1 fully saturated rings. The molecule has 124 valence electrons. The van der Waals surface area contributed by atoms with E-state index in [0.717, 1.165) is 25.0 Å². The van der Waals surface area contributed by atoms with Crippen LogP contribution in [0.3, 0.4) is 0 Å². The predicted octanol–water partition coefficient (Wildman–Crippen LogP) is 2.33. The van der Waals surface area contributed by atoms with E-state index in [4.69, 9.17) is 9.15 Å². The number of rotatable bonds is 7. The molecule has 0 bridgehead atoms. The minimum atomic E-state index is -3.35. The Labute approximate surface area is 135 Å². The highest BCUT2D eigenvalue weighted by Crippen LogP contribution is 2.20. The molecular formula is C16H20N2O4S. The molecule has 1 aliphatic rings. The molecule has 0 aliphatic carbocycles. The van der Waals surface area contributed by atoms with Crippen molar-refractivity contribution in [1.82, 2.24) is 9.71 Å². The van der Waals surface area contributed by atoms with Crippen molar-refractivity contribution in [3.05, 3.63) is 42.4 Å². The molecule has 6 nitrogen and oxygen atoms in total. The molecule has 0 saturated carbocycles. The van der Waals surface area contributed by atoms with Crippen molar-refractivity contribution < 1.29 is 17.6 Å². The van der Waals surface area contributed by atoms with Crippen LogP contribution in [0.2, 0.25) is 0 Å². The van der Waals surface area contributed by atoms with Crippen LogP contribution in [0.5, 0.6) is 0 Å². The van der Waals surface area contributed by atoms with Crippen LogP contribution in [0.15, 0.2) is 40.9 Å². The summed E-state index contributed by atoms with van der Waals surface area (Å²) in [5, 5.41) is 0. The summed E-state index contributed by atoms with van der Waals surface area (Å²) in [7, 11) is -3.35. The van der Waals surface area contributed by atoms with Crippen LogP contribution in [-0.2, 0) is 21.3 Å². The summed E-state index contributed by atoms with van der Waals surface area (Å²) in [6.45, 7) is 0.789. The van der Waals surface area contributed by atoms with E-state index in [-0.39, 0.29) is 18.4 Å². The topological polar surface area (TPSA) is 81.4 Å². The number of nitrogens with zero attached hydrogens (tertiary/aromatic N) is 1. The molecular weight excluding hydrogens is 316 g/mol. The van der Waals surface area contributed by atoms with Crippen LogP contribution in [0.25, 0.3) is 11.3 Å². The monoisotopic (exact) mass is 336 g/mol. The van der Waals surface area contributed by atoms with E-state index < -0.39 is 10.0 Å². The third kappa shape index (κ3) is 4.63. The van der Waals surface area contributed by atoms with E-state index in [1.54, 1.807) is 6.20 Å². The van der Waals surface area contributed by atoms with Crippen LogP contribution < -0.4 is 4.72 Å². The smallest absolute Gasteiger partial charge is 0.212 e. The largest absolute Gasteiger partial charge is 0.439 e. The fourth-order valence-electron chi connectivity index (χ4n) is 2.53. The zero-order valence-corrected chi connectivity index (χ0v) is 13.6. The van der Waals surface area contributed by atoms with E-state index in [9.17, 15) is 8.42 Å². The fourth-order valence-corrected chi connectivity index (χ4v) is 3.59. The standard InChI is InChI=1S/C16H20N2O4S/c19-23(20,10-8-14-7-4-9-21-14)18-12-16-17-11-15(22-16)13-5-2-1-3-6-13/h1-3,5-6,11,14,18H,4,7-10,12H2/t14-/m1/s1. The first kappa shape index (κ1) is 16.2. The SMILES string of the molecule is O=S(=O)(CC[C@H]1CCCO1)NCc1ncc(-c2ccccc2)o1. The zero-order valence-electron chi connectivity index (χ0n) is 12.8. The van der Waals surface area contributed by atoms with Crippen molar-refractivity contribution >= 4 is 10.0 Å². The summed E-state index contributed by atoms with van der Waals surface area (Å²) in [6, 6.07) is 9.56. The average Bonchev–Trinajstić information content (AvgIpc) is 3.24. The Morgan fingerprint density at radius 3 is 2.83 bits per heavy atom. The highest BCUT2D eigenvalue weighted by atomic mass is 32.2. The summed E-state index contributed by atoms with van der Waals surface area (Å²) in [5.41, 5.74) is 0.910. The Bertz CT molecular complexity index is 722. The number of oxazole rings is 1. The second-order valence-corrected chi connectivity index (χ2v) is 7.47. The van der Waals surface area contributed by atoms with Gasteiger partial charge in [-0.25, -0.2) is 18.1 Å². The molecule has 1 aromatic carbocycles. The first-order valence-corrected chi connectivity index (χ1v) is 9.37. The molecule has 0 spiro atoms. The summed E-state index contributed by atoms with van der Waals surface area (Å²) in [4.78, 5) is 4.11. The van der Waals surface area contributed by atoms with Crippen molar-refractivity contribution in [2.24, 2.45) is 0 Å². The molecule has 2 heterocycles. The summed E-state index contributed by atoms with van der Waals surface area (Å²) >= 11 is 0. The highest BCUT2D eigenvalue weighted by Gasteiger charge is 2.20. The van der Waals surface area contributed by atoms with Crippen molar-refractivity contribution in [3.8, 4) is 11.3 Å². The van der Waals surface area contributed by atoms with Crippen LogP contribution >= 0.6 is 0 Å². The van der Waals surface area contributed by atoms with Gasteiger partial charge in [-0.3, -0.25) is 0 Å². The van der Waals surface area contributed by atoms with Gasteiger partial charge in [-0.05, 0) is 19.3 Å². The van der Waals surface area contributed by atoms with E-state index >= 15 is 0 Å². The third-order valence-corrected chi connectivity index (χ3v) is 5.15. The van der Waals surface area contributed by atoms with Gasteiger partial charge in [0.15, 0.2) is 5.76 Å². The quantitative estimate of drug-likeness (QED) is 0.839. The molecule has 0 radical (unpaired) electrons. The Hall–Kier alpha value is -1.70. The Balaban J connectivity index is 1.52. The van der Waals surface area contributed by atoms with Gasteiger partial charge in [-0.2, -0.15) is 0 Å². The third-order valence-electron chi connectivity index (χ3n) is 3.79. The van der Waals surface area contributed by atoms with Crippen molar-refractivity contribution in [2.75, 3.05) is 12.4 Å². The van der Waals surface area contributed by atoms with E-state index in [2.05, 4.69) is 9.71 Å². The Morgan fingerprint density at radius 1 is 1.26 bits per heavy atom. The number of aromatic nitrogens is 1. The number of hydrogen-bond donors (Lipinski definition) is 1. The first-order chi connectivity index (χ1) is 11.1. The molecule has 1 atom stereocenters. The average molecular weight is 336 g/mol. The number of ether oxygens (including phenoxy) is 1. The molecule has 3 rings (SSSR count). The van der Waals surface area contributed by atoms with Crippen LogP contribution in [0, 0.1) is 0 Å². The van der Waals surface area contributed by atoms with Crippen LogP contribution in [0.1, 0.15) is 25.2 Å². The summed E-state index contributed by atoms with van der Waals surface area (Å²) < 4.78 is 37.5. The van der Waals surface area contributed by atoms with Gasteiger partial charge in [-0.1, -0.05) is 30.3 Å². The summed E-state index contributed by atoms with van der Waals surface area (Å²) in [5.74, 6) is 1.04. The van der Waals surface area contributed by atoms with Crippen molar-refractivity contribution in [3.63, 3.8) is 0 Å². The molecule has 2 aromatic rings. The second kappa shape index (κ2) is 7.25. The molecule has 1 aliphatic heterocycles. The van der Waals surface area contributed by atoms with Gasteiger partial charge in [-0.15, -0.1) is 0 Å². The number of benzene rings is 1. The maximum atomic E-state index is 12.0. The van der Waals surface area contributed by atoms with Gasteiger partial charge in [0.25, 0.3) is 0 Å². The highest BCUT2D eigenvalue weighted by molar-refractivity contribution is 7.89. The molecule has 1 saturated heterocycles. The molecule has 7 heteroatoms. The number of hydrogen-bond acceptors (Lipinski definition) is 5. The van der Waals surface area contributed by atoms with Gasteiger partial charge in [0.05, 0.1) is 24.6 Å². The Kier molecular flexibility index (Phi) is 5.09. The molecule has 1 aromatic heterocycles. The van der Waals surface area contributed by atoms with Gasteiger partial charge in [0.2, 0.25) is 15.9 Å². The normalized spacial score (nSPS) is 18.3. The second-order valence-electron chi connectivity index (χ2n) is 5.55. The molecule has 0 unspecified atom stereocenters. The number of nitrogens with one attached hydrogen (secondary N) is 1. The lowest BCUT2D eigenvalue weighted by molar-refractivity contribution is 0.109. The predicted molar refractivity (Wildman–Crippen MR) is 86.2 cm³/mol. The number of sulfonamides is 1. The van der Waals surface area contributed by atoms with Crippen LogP contribution in [-0.4, -0.2) is 31.9 Å². The van der Waals surface area contributed by atoms with E-state index in [0.29, 0.717) is 18.1 Å². The van der Waals surface area contributed by atoms with Gasteiger partial charge in [0.1, 0.15) is 0 Å². The van der Waals surface area contributed by atoms with E-state index in [1.165, 1.54) is 0 Å². The molecule has 23 heavy (non-hydrogen) atoms. The lowest BCUT2D eigenvalue weighted by Gasteiger charge is -2.09. The molecule has 1 N–H and O–H groups in total. The lowest BCUT2D eigenvalue weighted by Crippen LogP contribution is -2.27. The van der Waals surface area contributed by atoms with Gasteiger partial charge in [0, 0.05) is 12.2 Å². The van der Waals surface area contributed by atoms with Crippen LogP contribution in [0.4, 0.5) is 0 Å². The summed E-state index contributed by atoms with van der Waals surface area (Å²) in [6.07, 6.45) is 4.14. The fraction of sp³-hybridized carbons (Fsp3) is 0.438. The van der Waals surface area contributed by atoms with E-state index in [1.807, 2.05) is 30.3 Å². The van der Waals surface area contributed by atoms with Gasteiger partial charge < -0.3 is 9.15 Å². The minimum Gasteiger partial charge on any atom is -0.439 e. The maximum Gasteiger partial charge on any atom is 0.212 e. The Morgan fingerprint density at radius 2 is 2.09 bits per heavy atom. The lowest BCUT2D eigenvalue weighted by atomic mass is 10.2. The molecule has 0 amide bonds. The maximum absolute atomic E-state index is 12.0. The zero-order chi connectivity index (χ0) is 16.1. The van der Waals surface area contributed by atoms with Crippen molar-refractivity contribution in [1.29, 1.82) is 0 Å². The first-order valence-electron chi connectivity index (χ1n) is 7.71. The van der Waals surface area contributed by atoms with Crippen molar-refractivity contribution in [2.45, 2.75) is 31.9 Å². The van der Waals surface area contributed by atoms with Gasteiger partial charge >= 0.3 is 0 Å². The minimum absolute atomic E-state index is 0.0562.